The first-order chi connectivity index (χ1) is 13.6. The first-order valence-corrected chi connectivity index (χ1v) is 9.24. The van der Waals surface area contributed by atoms with Crippen LogP contribution in [-0.4, -0.2) is 52.9 Å². The molecule has 7 heteroatoms. The van der Waals surface area contributed by atoms with Gasteiger partial charge in [-0.15, -0.1) is 0 Å². The molecule has 1 aliphatic rings. The lowest BCUT2D eigenvalue weighted by atomic mass is 10.1. The van der Waals surface area contributed by atoms with Gasteiger partial charge in [0, 0.05) is 50.9 Å². The molecule has 2 aromatic heterocycles. The van der Waals surface area contributed by atoms with Gasteiger partial charge in [-0.3, -0.25) is 14.6 Å². The van der Waals surface area contributed by atoms with Crippen LogP contribution in [0.4, 0.5) is 11.5 Å². The number of piperazine rings is 1. The molecule has 1 saturated heterocycles. The van der Waals surface area contributed by atoms with E-state index in [9.17, 15) is 9.59 Å². The summed E-state index contributed by atoms with van der Waals surface area (Å²) in [4.78, 5) is 37.4. The van der Waals surface area contributed by atoms with Crippen molar-refractivity contribution in [3.05, 3.63) is 60.4 Å². The average Bonchev–Trinajstić information content (AvgIpc) is 2.73. The van der Waals surface area contributed by atoms with E-state index in [1.807, 2.05) is 35.2 Å². The number of aromatic nitrogens is 2. The number of anilines is 2. The zero-order valence-electron chi connectivity index (χ0n) is 15.6. The van der Waals surface area contributed by atoms with E-state index < -0.39 is 0 Å². The highest BCUT2D eigenvalue weighted by atomic mass is 16.2. The number of carbonyl (C=O) groups excluding carboxylic acids is 2. The van der Waals surface area contributed by atoms with Crippen LogP contribution >= 0.6 is 0 Å². The van der Waals surface area contributed by atoms with Crippen LogP contribution in [0.5, 0.6) is 0 Å². The lowest BCUT2D eigenvalue weighted by Crippen LogP contribution is -2.49. The third-order valence-corrected chi connectivity index (χ3v) is 4.85. The molecule has 1 aromatic carbocycles. The maximum Gasteiger partial charge on any atom is 0.254 e. The topological polar surface area (TPSA) is 78.4 Å². The van der Waals surface area contributed by atoms with E-state index >= 15 is 0 Å². The fourth-order valence-electron chi connectivity index (χ4n) is 3.50. The van der Waals surface area contributed by atoms with E-state index in [0.29, 0.717) is 29.9 Å². The second-order valence-corrected chi connectivity index (χ2v) is 6.71. The van der Waals surface area contributed by atoms with Crippen LogP contribution in [0, 0.1) is 0 Å². The lowest BCUT2D eigenvalue weighted by Gasteiger charge is -2.35. The number of hydrogen-bond donors (Lipinski definition) is 1. The highest BCUT2D eigenvalue weighted by molar-refractivity contribution is 6.10. The molecule has 0 aliphatic carbocycles. The number of benzene rings is 1. The molecule has 7 nitrogen and oxygen atoms in total. The van der Waals surface area contributed by atoms with Crippen LogP contribution in [0.25, 0.3) is 10.9 Å². The predicted molar refractivity (Wildman–Crippen MR) is 108 cm³/mol. The van der Waals surface area contributed by atoms with E-state index in [0.717, 1.165) is 24.3 Å². The third kappa shape index (κ3) is 3.51. The number of para-hydroxylation sites is 1. The molecule has 1 fully saturated rings. The van der Waals surface area contributed by atoms with Gasteiger partial charge in [0.25, 0.3) is 5.91 Å². The highest BCUT2D eigenvalue weighted by Gasteiger charge is 2.24. The lowest BCUT2D eigenvalue weighted by molar-refractivity contribution is -0.114. The predicted octanol–water partition coefficient (Wildman–Crippen LogP) is 2.55. The monoisotopic (exact) mass is 375 g/mol. The minimum absolute atomic E-state index is 0.0203. The van der Waals surface area contributed by atoms with Crippen molar-refractivity contribution in [1.82, 2.24) is 14.9 Å². The SMILES string of the molecule is CC(=O)Nc1cccc2c(C(=O)N3CCN(c4ccccn4)CC3)ccnc12. The first kappa shape index (κ1) is 17.9. The van der Waals surface area contributed by atoms with Gasteiger partial charge in [-0.1, -0.05) is 18.2 Å². The van der Waals surface area contributed by atoms with Crippen molar-refractivity contribution in [2.75, 3.05) is 36.4 Å². The molecule has 3 heterocycles. The van der Waals surface area contributed by atoms with E-state index in [-0.39, 0.29) is 11.8 Å². The summed E-state index contributed by atoms with van der Waals surface area (Å²) in [6.45, 7) is 4.19. The van der Waals surface area contributed by atoms with Crippen molar-refractivity contribution < 1.29 is 9.59 Å². The molecule has 0 atom stereocenters. The molecule has 28 heavy (non-hydrogen) atoms. The van der Waals surface area contributed by atoms with Gasteiger partial charge in [0.2, 0.25) is 5.91 Å². The molecular formula is C21H21N5O2. The van der Waals surface area contributed by atoms with Crippen molar-refractivity contribution in [3.8, 4) is 0 Å². The Balaban J connectivity index is 1.56. The number of pyridine rings is 2. The van der Waals surface area contributed by atoms with E-state index in [1.54, 1.807) is 24.5 Å². The Hall–Kier alpha value is -3.48. The summed E-state index contributed by atoms with van der Waals surface area (Å²) in [5.74, 6) is 0.744. The quantitative estimate of drug-likeness (QED) is 0.761. The third-order valence-electron chi connectivity index (χ3n) is 4.85. The Morgan fingerprint density at radius 2 is 1.75 bits per heavy atom. The number of rotatable bonds is 3. The maximum atomic E-state index is 13.2. The first-order valence-electron chi connectivity index (χ1n) is 9.24. The van der Waals surface area contributed by atoms with Crippen molar-refractivity contribution in [3.63, 3.8) is 0 Å². The molecule has 1 N–H and O–H groups in total. The highest BCUT2D eigenvalue weighted by Crippen LogP contribution is 2.25. The Morgan fingerprint density at radius 1 is 0.929 bits per heavy atom. The molecule has 0 radical (unpaired) electrons. The molecule has 142 valence electrons. The van der Waals surface area contributed by atoms with Crippen molar-refractivity contribution in [1.29, 1.82) is 0 Å². The van der Waals surface area contributed by atoms with Gasteiger partial charge < -0.3 is 15.1 Å². The second-order valence-electron chi connectivity index (χ2n) is 6.71. The zero-order valence-corrected chi connectivity index (χ0v) is 15.6. The molecular weight excluding hydrogens is 354 g/mol. The van der Waals surface area contributed by atoms with Crippen LogP contribution < -0.4 is 10.2 Å². The van der Waals surface area contributed by atoms with Gasteiger partial charge in [0.05, 0.1) is 16.8 Å². The fraction of sp³-hybridized carbons (Fsp3) is 0.238. The van der Waals surface area contributed by atoms with Crippen LogP contribution in [0.1, 0.15) is 17.3 Å². The van der Waals surface area contributed by atoms with E-state index in [2.05, 4.69) is 20.2 Å². The summed E-state index contributed by atoms with van der Waals surface area (Å²) in [6, 6.07) is 13.1. The Bertz CT molecular complexity index is 1010. The minimum atomic E-state index is -0.170. The maximum absolute atomic E-state index is 13.2. The summed E-state index contributed by atoms with van der Waals surface area (Å²) < 4.78 is 0. The number of nitrogens with zero attached hydrogens (tertiary/aromatic N) is 4. The molecule has 3 aromatic rings. The smallest absolute Gasteiger partial charge is 0.254 e. The van der Waals surface area contributed by atoms with Crippen molar-refractivity contribution in [2.45, 2.75) is 6.92 Å². The van der Waals surface area contributed by atoms with Gasteiger partial charge >= 0.3 is 0 Å². The summed E-state index contributed by atoms with van der Waals surface area (Å²) in [5, 5.41) is 3.52. The van der Waals surface area contributed by atoms with Gasteiger partial charge in [0.15, 0.2) is 0 Å². The summed E-state index contributed by atoms with van der Waals surface area (Å²) in [6.07, 6.45) is 3.40. The molecule has 1 aliphatic heterocycles. The fourth-order valence-corrected chi connectivity index (χ4v) is 3.50. The van der Waals surface area contributed by atoms with Gasteiger partial charge in [-0.25, -0.2) is 4.98 Å². The van der Waals surface area contributed by atoms with Crippen molar-refractivity contribution in [2.24, 2.45) is 0 Å². The molecule has 0 spiro atoms. The standard InChI is InChI=1S/C21H21N5O2/c1-15(27)24-18-6-4-5-16-17(8-10-23-20(16)18)21(28)26-13-11-25(12-14-26)19-7-2-3-9-22-19/h2-10H,11-14H2,1H3,(H,24,27). The minimum Gasteiger partial charge on any atom is -0.353 e. The summed E-state index contributed by atoms with van der Waals surface area (Å²) in [7, 11) is 0. The Morgan fingerprint density at radius 3 is 2.46 bits per heavy atom. The molecule has 4 rings (SSSR count). The summed E-state index contributed by atoms with van der Waals surface area (Å²) in [5.41, 5.74) is 1.83. The normalized spacial score (nSPS) is 14.2. The molecule has 0 bridgehead atoms. The Labute approximate surface area is 163 Å². The molecule has 2 amide bonds. The van der Waals surface area contributed by atoms with Gasteiger partial charge in [-0.2, -0.15) is 0 Å². The van der Waals surface area contributed by atoms with Gasteiger partial charge in [-0.05, 0) is 24.3 Å². The van der Waals surface area contributed by atoms with E-state index in [1.165, 1.54) is 6.92 Å². The second kappa shape index (κ2) is 7.64. The molecule has 0 saturated carbocycles. The average molecular weight is 375 g/mol. The van der Waals surface area contributed by atoms with Crippen LogP contribution in [0.2, 0.25) is 0 Å². The zero-order chi connectivity index (χ0) is 19.5. The van der Waals surface area contributed by atoms with Crippen LogP contribution in [0.15, 0.2) is 54.9 Å². The Kier molecular flexibility index (Phi) is 4.89. The number of carbonyl (C=O) groups is 2. The number of fused-ring (bicyclic) bond motifs is 1. The number of nitrogens with one attached hydrogen (secondary N) is 1. The van der Waals surface area contributed by atoms with Crippen LogP contribution in [0.3, 0.4) is 0 Å². The number of hydrogen-bond acceptors (Lipinski definition) is 5. The van der Waals surface area contributed by atoms with E-state index in [4.69, 9.17) is 0 Å². The molecule has 0 unspecified atom stereocenters. The summed E-state index contributed by atoms with van der Waals surface area (Å²) >= 11 is 0. The number of amides is 2. The van der Waals surface area contributed by atoms with Crippen LogP contribution in [-0.2, 0) is 4.79 Å². The van der Waals surface area contributed by atoms with Crippen molar-refractivity contribution >= 4 is 34.2 Å². The van der Waals surface area contributed by atoms with Gasteiger partial charge in [0.1, 0.15) is 5.82 Å². The largest absolute Gasteiger partial charge is 0.353 e.